The number of aromatic nitrogens is 2. The third-order valence-corrected chi connectivity index (χ3v) is 7.38. The van der Waals surface area contributed by atoms with Crippen LogP contribution >= 0.6 is 0 Å². The van der Waals surface area contributed by atoms with Crippen LogP contribution in [-0.4, -0.2) is 86.3 Å². The van der Waals surface area contributed by atoms with Gasteiger partial charge in [0.1, 0.15) is 17.3 Å². The van der Waals surface area contributed by atoms with E-state index in [0.29, 0.717) is 31.5 Å². The third-order valence-electron chi connectivity index (χ3n) is 7.38. The summed E-state index contributed by atoms with van der Waals surface area (Å²) in [4.78, 5) is 38.2. The van der Waals surface area contributed by atoms with Gasteiger partial charge in [-0.3, -0.25) is 14.6 Å². The second kappa shape index (κ2) is 11.9. The van der Waals surface area contributed by atoms with Crippen molar-refractivity contribution < 1.29 is 24.5 Å². The third kappa shape index (κ3) is 6.50. The summed E-state index contributed by atoms with van der Waals surface area (Å²) in [6, 6.07) is 4.84. The van der Waals surface area contributed by atoms with E-state index in [1.54, 1.807) is 48.4 Å². The number of nitrogens with zero attached hydrogens (tertiary/aromatic N) is 4. The fourth-order valence-corrected chi connectivity index (χ4v) is 4.84. The predicted octanol–water partition coefficient (Wildman–Crippen LogP) is 2.05. The second-order valence-electron chi connectivity index (χ2n) is 10.5. The van der Waals surface area contributed by atoms with Crippen LogP contribution in [0.25, 0.3) is 0 Å². The van der Waals surface area contributed by atoms with Gasteiger partial charge < -0.3 is 24.7 Å². The van der Waals surface area contributed by atoms with Gasteiger partial charge in [0.05, 0.1) is 25.6 Å². The molecule has 0 spiro atoms. The van der Waals surface area contributed by atoms with Crippen molar-refractivity contribution in [2.45, 2.75) is 63.7 Å². The Morgan fingerprint density at radius 3 is 2.71 bits per heavy atom. The lowest BCUT2D eigenvalue weighted by Crippen LogP contribution is -2.50. The summed E-state index contributed by atoms with van der Waals surface area (Å²) in [6.07, 6.45) is 7.81. The molecule has 202 valence electrons. The Labute approximate surface area is 223 Å². The topological polar surface area (TPSA) is 116 Å². The van der Waals surface area contributed by atoms with Crippen molar-refractivity contribution in [2.75, 3.05) is 26.7 Å². The molecule has 9 nitrogen and oxygen atoms in total. The summed E-state index contributed by atoms with van der Waals surface area (Å²) >= 11 is 0. The minimum Gasteiger partial charge on any atom is -0.472 e. The molecule has 2 N–H and O–H groups in total. The average Bonchev–Trinajstić information content (AvgIpc) is 3.36. The van der Waals surface area contributed by atoms with Crippen molar-refractivity contribution in [3.05, 3.63) is 53.5 Å². The number of hydrogen-bond acceptors (Lipinski definition) is 7. The van der Waals surface area contributed by atoms with Gasteiger partial charge in [-0.25, -0.2) is 4.98 Å². The molecule has 2 aromatic rings. The van der Waals surface area contributed by atoms with Gasteiger partial charge in [0.2, 0.25) is 11.8 Å². The molecular weight excluding hydrogens is 484 g/mol. The lowest BCUT2D eigenvalue weighted by atomic mass is 9.99. The first-order valence-corrected chi connectivity index (χ1v) is 13.2. The van der Waals surface area contributed by atoms with Crippen LogP contribution in [-0.2, 0) is 11.2 Å². The van der Waals surface area contributed by atoms with Crippen molar-refractivity contribution in [1.29, 1.82) is 0 Å². The van der Waals surface area contributed by atoms with Gasteiger partial charge >= 0.3 is 0 Å². The molecule has 0 unspecified atom stereocenters. The molecule has 9 heteroatoms. The molecule has 4 rings (SSSR count). The van der Waals surface area contributed by atoms with Crippen LogP contribution in [0.2, 0.25) is 0 Å². The number of pyridine rings is 2. The maximum absolute atomic E-state index is 13.6. The first-order valence-electron chi connectivity index (χ1n) is 13.2. The van der Waals surface area contributed by atoms with Gasteiger partial charge in [0, 0.05) is 43.7 Å². The van der Waals surface area contributed by atoms with Crippen LogP contribution in [0.3, 0.4) is 0 Å². The molecule has 0 saturated heterocycles. The molecule has 38 heavy (non-hydrogen) atoms. The molecule has 2 aromatic heterocycles. The number of ether oxygens (including phenoxy) is 1. The summed E-state index contributed by atoms with van der Waals surface area (Å²) in [5.41, 5.74) is 0.626. The molecule has 0 aromatic carbocycles. The zero-order valence-corrected chi connectivity index (χ0v) is 22.3. The van der Waals surface area contributed by atoms with E-state index in [0.717, 1.165) is 18.4 Å². The Kier molecular flexibility index (Phi) is 8.65. The number of fused-ring (bicyclic) bond motifs is 1. The van der Waals surface area contributed by atoms with Crippen LogP contribution in [0.5, 0.6) is 5.88 Å². The van der Waals surface area contributed by atoms with E-state index < -0.39 is 17.7 Å². The minimum atomic E-state index is -1.00. The van der Waals surface area contributed by atoms with E-state index in [1.165, 1.54) is 0 Å². The average molecular weight is 521 g/mol. The number of aliphatic hydroxyl groups is 2. The molecule has 2 amide bonds. The molecule has 2 aliphatic rings. The molecule has 0 radical (unpaired) electrons. The van der Waals surface area contributed by atoms with Crippen molar-refractivity contribution in [3.63, 3.8) is 0 Å². The van der Waals surface area contributed by atoms with Crippen molar-refractivity contribution in [3.8, 4) is 17.7 Å². The number of rotatable bonds is 6. The van der Waals surface area contributed by atoms with Gasteiger partial charge in [-0.05, 0) is 56.4 Å². The summed E-state index contributed by atoms with van der Waals surface area (Å²) in [5, 5.41) is 20.5. The highest BCUT2D eigenvalue weighted by Gasteiger charge is 2.35. The summed E-state index contributed by atoms with van der Waals surface area (Å²) in [7, 11) is 1.73. The normalized spacial score (nSPS) is 21.3. The number of carbonyl (C=O) groups is 2. The van der Waals surface area contributed by atoms with E-state index >= 15 is 0 Å². The highest BCUT2D eigenvalue weighted by molar-refractivity contribution is 5.97. The number of carbonyl (C=O) groups excluding carboxylic acids is 2. The van der Waals surface area contributed by atoms with Crippen LogP contribution in [0, 0.1) is 17.8 Å². The first kappa shape index (κ1) is 27.6. The summed E-state index contributed by atoms with van der Waals surface area (Å²) in [5.74, 6) is 5.60. The molecule has 1 aliphatic heterocycles. The largest absolute Gasteiger partial charge is 0.472 e. The number of amides is 2. The highest BCUT2D eigenvalue weighted by Crippen LogP contribution is 2.30. The van der Waals surface area contributed by atoms with E-state index in [-0.39, 0.29) is 42.2 Å². The van der Waals surface area contributed by atoms with E-state index in [1.807, 2.05) is 19.1 Å². The fraction of sp³-hybridized carbons (Fsp3) is 0.517. The molecule has 1 fully saturated rings. The fourth-order valence-electron chi connectivity index (χ4n) is 4.84. The van der Waals surface area contributed by atoms with E-state index in [2.05, 4.69) is 21.8 Å². The number of aliphatic hydroxyl groups excluding tert-OH is 1. The van der Waals surface area contributed by atoms with Crippen molar-refractivity contribution in [1.82, 2.24) is 19.8 Å². The van der Waals surface area contributed by atoms with Gasteiger partial charge in [-0.2, -0.15) is 0 Å². The minimum absolute atomic E-state index is 0.0608. The Morgan fingerprint density at radius 2 is 2.03 bits per heavy atom. The quantitative estimate of drug-likeness (QED) is 0.560. The lowest BCUT2D eigenvalue weighted by molar-refractivity contribution is -0.130. The van der Waals surface area contributed by atoms with E-state index in [9.17, 15) is 19.8 Å². The maximum atomic E-state index is 13.6. The molecule has 1 aliphatic carbocycles. The summed E-state index contributed by atoms with van der Waals surface area (Å²) < 4.78 is 6.28. The van der Waals surface area contributed by atoms with E-state index in [4.69, 9.17) is 4.74 Å². The molecular formula is C29H36N4O5. The highest BCUT2D eigenvalue weighted by atomic mass is 16.5. The predicted molar refractivity (Wildman–Crippen MR) is 141 cm³/mol. The molecule has 3 heterocycles. The Balaban J connectivity index is 1.60. The van der Waals surface area contributed by atoms with Crippen LogP contribution in [0.15, 0.2) is 36.8 Å². The molecule has 1 saturated carbocycles. The van der Waals surface area contributed by atoms with Crippen molar-refractivity contribution >= 4 is 11.8 Å². The Hall–Kier alpha value is -3.48. The van der Waals surface area contributed by atoms with Gasteiger partial charge in [0.25, 0.3) is 5.91 Å². The SMILES string of the molecule is C[C@H]1CN([C@@H](C)CO)C(=O)c2cc(C#CC3(O)CCCC3)cnc2O[C@H]1CN(C)C(=O)Cc1ccncc1. The summed E-state index contributed by atoms with van der Waals surface area (Å²) in [6.45, 7) is 4.20. The van der Waals surface area contributed by atoms with Gasteiger partial charge in [0.15, 0.2) is 0 Å². The first-order chi connectivity index (χ1) is 18.2. The molecule has 0 bridgehead atoms. The van der Waals surface area contributed by atoms with Crippen LogP contribution in [0.1, 0.15) is 61.0 Å². The number of hydrogen-bond donors (Lipinski definition) is 2. The zero-order chi connectivity index (χ0) is 27.3. The smallest absolute Gasteiger partial charge is 0.259 e. The maximum Gasteiger partial charge on any atom is 0.259 e. The Bertz CT molecular complexity index is 1200. The number of likely N-dealkylation sites (N-methyl/N-ethyl adjacent to an activating group) is 1. The standard InChI is InChI=1S/C29H36N4O5/c1-20-17-33(21(2)19-34)28(36)24-14-23(6-11-29(37)9-4-5-10-29)16-31-27(24)38-25(20)18-32(3)26(35)15-22-7-12-30-13-8-22/h7-8,12-14,16,20-21,25,34,37H,4-5,9-10,15,17-19H2,1-3H3/t20-,21-,25-/m0/s1. The van der Waals surface area contributed by atoms with Gasteiger partial charge in [-0.1, -0.05) is 18.8 Å². The zero-order valence-electron chi connectivity index (χ0n) is 22.3. The monoisotopic (exact) mass is 520 g/mol. The van der Waals surface area contributed by atoms with Crippen LogP contribution in [0.4, 0.5) is 0 Å². The van der Waals surface area contributed by atoms with Crippen molar-refractivity contribution in [2.24, 2.45) is 5.92 Å². The second-order valence-corrected chi connectivity index (χ2v) is 10.5. The molecule has 3 atom stereocenters. The van der Waals surface area contributed by atoms with Gasteiger partial charge in [-0.15, -0.1) is 0 Å². The Morgan fingerprint density at radius 1 is 1.32 bits per heavy atom. The van der Waals surface area contributed by atoms with Crippen LogP contribution < -0.4 is 4.74 Å². The lowest BCUT2D eigenvalue weighted by Gasteiger charge is -2.37.